The fourth-order valence-electron chi connectivity index (χ4n) is 2.54. The predicted molar refractivity (Wildman–Crippen MR) is 118 cm³/mol. The molecule has 0 spiro atoms. The Hall–Kier alpha value is -2.79. The van der Waals surface area contributed by atoms with E-state index in [9.17, 15) is 18.3 Å². The van der Waals surface area contributed by atoms with Gasteiger partial charge in [0, 0.05) is 0 Å². The topological polar surface area (TPSA) is 118 Å². The molecule has 0 aliphatic rings. The summed E-state index contributed by atoms with van der Waals surface area (Å²) in [7, 11) is -0.943. The van der Waals surface area contributed by atoms with E-state index >= 15 is 0 Å². The van der Waals surface area contributed by atoms with Crippen LogP contribution in [-0.2, 0) is 14.8 Å². The quantitative estimate of drug-likeness (QED) is 0.425. The van der Waals surface area contributed by atoms with Crippen LogP contribution in [0.3, 0.4) is 0 Å². The molecule has 0 saturated heterocycles. The molecule has 9 nitrogen and oxygen atoms in total. The van der Waals surface area contributed by atoms with E-state index in [1.807, 2.05) is 0 Å². The van der Waals surface area contributed by atoms with E-state index in [4.69, 9.17) is 9.47 Å². The minimum absolute atomic E-state index is 0.0606. The fourth-order valence-corrected chi connectivity index (χ4v) is 3.86. The van der Waals surface area contributed by atoms with Gasteiger partial charge in [-0.2, -0.15) is 5.10 Å². The Balaban J connectivity index is 2.20. The highest BCUT2D eigenvalue weighted by Crippen LogP contribution is 2.34. The third-order valence-electron chi connectivity index (χ3n) is 3.96. The van der Waals surface area contributed by atoms with Crippen LogP contribution in [0.5, 0.6) is 17.2 Å². The SMILES string of the molecule is COc1ccc(C)cc1N(CC(=O)N/N=C\c1cc(Br)c(O)c(OC)c1)S(C)(=O)=O. The number of benzene rings is 2. The third-order valence-corrected chi connectivity index (χ3v) is 5.70. The largest absolute Gasteiger partial charge is 0.503 e. The van der Waals surface area contributed by atoms with Gasteiger partial charge < -0.3 is 14.6 Å². The number of aromatic hydroxyl groups is 1. The predicted octanol–water partition coefficient (Wildman–Crippen LogP) is 2.40. The number of hydrazone groups is 1. The minimum atomic E-state index is -3.77. The first-order chi connectivity index (χ1) is 14.1. The summed E-state index contributed by atoms with van der Waals surface area (Å²) < 4.78 is 36.2. The highest BCUT2D eigenvalue weighted by atomic mass is 79.9. The number of carbonyl (C=O) groups excluding carboxylic acids is 1. The molecule has 2 aromatic carbocycles. The van der Waals surface area contributed by atoms with Crippen molar-refractivity contribution in [2.24, 2.45) is 5.10 Å². The molecule has 0 radical (unpaired) electrons. The first kappa shape index (κ1) is 23.5. The van der Waals surface area contributed by atoms with Crippen molar-refractivity contribution in [3.63, 3.8) is 0 Å². The molecular formula is C19H22BrN3O6S. The van der Waals surface area contributed by atoms with Gasteiger partial charge in [-0.3, -0.25) is 9.10 Å². The van der Waals surface area contributed by atoms with Gasteiger partial charge in [0.25, 0.3) is 5.91 Å². The van der Waals surface area contributed by atoms with E-state index in [0.717, 1.165) is 16.1 Å². The summed E-state index contributed by atoms with van der Waals surface area (Å²) in [6, 6.07) is 8.13. The molecule has 162 valence electrons. The molecule has 0 heterocycles. The van der Waals surface area contributed by atoms with Crippen molar-refractivity contribution in [2.75, 3.05) is 31.3 Å². The van der Waals surface area contributed by atoms with Crippen LogP contribution in [0.15, 0.2) is 39.9 Å². The van der Waals surface area contributed by atoms with Gasteiger partial charge in [0.2, 0.25) is 10.0 Å². The number of methoxy groups -OCH3 is 2. The van der Waals surface area contributed by atoms with Gasteiger partial charge in [0.1, 0.15) is 12.3 Å². The summed E-state index contributed by atoms with van der Waals surface area (Å²) in [6.45, 7) is 1.32. The van der Waals surface area contributed by atoms with Crippen LogP contribution in [0.2, 0.25) is 0 Å². The first-order valence-corrected chi connectivity index (χ1v) is 11.2. The van der Waals surface area contributed by atoms with Crippen molar-refractivity contribution in [1.29, 1.82) is 0 Å². The molecule has 0 aliphatic carbocycles. The number of hydrogen-bond donors (Lipinski definition) is 2. The van der Waals surface area contributed by atoms with Gasteiger partial charge in [-0.05, 0) is 58.2 Å². The Morgan fingerprint density at radius 2 is 1.90 bits per heavy atom. The van der Waals surface area contributed by atoms with Crippen LogP contribution in [0.1, 0.15) is 11.1 Å². The van der Waals surface area contributed by atoms with Crippen molar-refractivity contribution in [3.05, 3.63) is 45.9 Å². The van der Waals surface area contributed by atoms with Crippen molar-refractivity contribution in [1.82, 2.24) is 5.43 Å². The Morgan fingerprint density at radius 1 is 1.23 bits per heavy atom. The number of amides is 1. The van der Waals surface area contributed by atoms with Gasteiger partial charge >= 0.3 is 0 Å². The zero-order chi connectivity index (χ0) is 22.5. The molecule has 0 atom stereocenters. The number of carbonyl (C=O) groups is 1. The summed E-state index contributed by atoms with van der Waals surface area (Å²) in [4.78, 5) is 12.3. The third kappa shape index (κ3) is 5.86. The second-order valence-electron chi connectivity index (χ2n) is 6.29. The Kier molecular flexibility index (Phi) is 7.68. The van der Waals surface area contributed by atoms with E-state index in [-0.39, 0.29) is 17.2 Å². The number of phenolic OH excluding ortho intramolecular Hbond substituents is 1. The van der Waals surface area contributed by atoms with Gasteiger partial charge in [-0.1, -0.05) is 6.07 Å². The maximum absolute atomic E-state index is 12.3. The van der Waals surface area contributed by atoms with Crippen LogP contribution >= 0.6 is 15.9 Å². The molecule has 30 heavy (non-hydrogen) atoms. The van der Waals surface area contributed by atoms with Crippen molar-refractivity contribution in [2.45, 2.75) is 6.92 Å². The number of nitrogens with one attached hydrogen (secondary N) is 1. The summed E-state index contributed by atoms with van der Waals surface area (Å²) in [5.41, 5.74) is 3.90. The van der Waals surface area contributed by atoms with E-state index < -0.39 is 22.5 Å². The Labute approximate surface area is 183 Å². The summed E-state index contributed by atoms with van der Waals surface area (Å²) in [6.07, 6.45) is 2.34. The average Bonchev–Trinajstić information content (AvgIpc) is 2.67. The number of halogens is 1. The molecule has 0 aliphatic heterocycles. The Bertz CT molecular complexity index is 1070. The molecule has 2 rings (SSSR count). The van der Waals surface area contributed by atoms with Crippen LogP contribution in [0, 0.1) is 6.92 Å². The van der Waals surface area contributed by atoms with E-state index in [1.54, 1.807) is 31.2 Å². The van der Waals surface area contributed by atoms with Crippen LogP contribution < -0.4 is 19.2 Å². The van der Waals surface area contributed by atoms with Gasteiger partial charge in [0.15, 0.2) is 11.5 Å². The van der Waals surface area contributed by atoms with Crippen LogP contribution in [-0.4, -0.2) is 52.7 Å². The lowest BCUT2D eigenvalue weighted by Gasteiger charge is -2.23. The van der Waals surface area contributed by atoms with Crippen molar-refractivity contribution in [3.8, 4) is 17.2 Å². The monoisotopic (exact) mass is 499 g/mol. The number of rotatable bonds is 8. The van der Waals surface area contributed by atoms with Crippen LogP contribution in [0.25, 0.3) is 0 Å². The minimum Gasteiger partial charge on any atom is -0.503 e. The number of anilines is 1. The lowest BCUT2D eigenvalue weighted by molar-refractivity contribution is -0.119. The molecule has 0 bridgehead atoms. The maximum Gasteiger partial charge on any atom is 0.260 e. The van der Waals surface area contributed by atoms with Gasteiger partial charge in [0.05, 0.1) is 36.9 Å². The number of sulfonamides is 1. The second kappa shape index (κ2) is 9.81. The van der Waals surface area contributed by atoms with E-state index in [2.05, 4.69) is 26.5 Å². The smallest absolute Gasteiger partial charge is 0.260 e. The normalized spacial score (nSPS) is 11.4. The molecule has 0 saturated carbocycles. The van der Waals surface area contributed by atoms with Crippen LogP contribution in [0.4, 0.5) is 5.69 Å². The number of ether oxygens (including phenoxy) is 2. The number of hydrogen-bond acceptors (Lipinski definition) is 7. The maximum atomic E-state index is 12.3. The van der Waals surface area contributed by atoms with E-state index in [0.29, 0.717) is 15.8 Å². The molecule has 1 amide bonds. The number of nitrogens with zero attached hydrogens (tertiary/aromatic N) is 2. The average molecular weight is 500 g/mol. The molecule has 0 aromatic heterocycles. The molecule has 0 fully saturated rings. The lowest BCUT2D eigenvalue weighted by Crippen LogP contribution is -2.39. The summed E-state index contributed by atoms with van der Waals surface area (Å²) in [5.74, 6) is -0.157. The highest BCUT2D eigenvalue weighted by molar-refractivity contribution is 9.10. The Morgan fingerprint density at radius 3 is 2.50 bits per heavy atom. The standard InChI is InChI=1S/C19H22BrN3O6S/c1-12-5-6-16(28-2)15(7-12)23(30(4,26)27)11-18(24)22-21-10-13-8-14(20)19(25)17(9-13)29-3/h5-10,25H,11H2,1-4H3,(H,22,24)/b21-10-. The van der Waals surface area contributed by atoms with Crippen molar-refractivity contribution >= 4 is 43.8 Å². The molecule has 0 unspecified atom stereocenters. The number of phenols is 1. The summed E-state index contributed by atoms with van der Waals surface area (Å²) in [5, 5.41) is 13.7. The summed E-state index contributed by atoms with van der Waals surface area (Å²) >= 11 is 3.19. The molecule has 2 N–H and O–H groups in total. The van der Waals surface area contributed by atoms with Crippen molar-refractivity contribution < 1.29 is 27.8 Å². The molecule has 11 heteroatoms. The lowest BCUT2D eigenvalue weighted by atomic mass is 10.2. The van der Waals surface area contributed by atoms with E-state index in [1.165, 1.54) is 26.5 Å². The first-order valence-electron chi connectivity index (χ1n) is 8.57. The molecule has 2 aromatic rings. The second-order valence-corrected chi connectivity index (χ2v) is 9.05. The zero-order valence-electron chi connectivity index (χ0n) is 16.8. The fraction of sp³-hybridized carbons (Fsp3) is 0.263. The van der Waals surface area contributed by atoms with Gasteiger partial charge in [-0.25, -0.2) is 13.8 Å². The number of aryl methyl sites for hydroxylation is 1. The van der Waals surface area contributed by atoms with Gasteiger partial charge in [-0.15, -0.1) is 0 Å². The highest BCUT2D eigenvalue weighted by Gasteiger charge is 2.24. The molecular weight excluding hydrogens is 478 g/mol. The zero-order valence-corrected chi connectivity index (χ0v) is 19.2.